The fourth-order valence-electron chi connectivity index (χ4n) is 4.08. The van der Waals surface area contributed by atoms with E-state index >= 15 is 0 Å². The highest BCUT2D eigenvalue weighted by atomic mass is 32.2. The van der Waals surface area contributed by atoms with E-state index in [1.54, 1.807) is 18.1 Å². The minimum absolute atomic E-state index is 0.0326. The van der Waals surface area contributed by atoms with E-state index in [0.717, 1.165) is 41.3 Å². The highest BCUT2D eigenvalue weighted by molar-refractivity contribution is 7.99. The second-order valence-corrected chi connectivity index (χ2v) is 8.70. The van der Waals surface area contributed by atoms with Crippen LogP contribution < -0.4 is 5.32 Å². The minimum Gasteiger partial charge on any atom is -0.324 e. The Morgan fingerprint density at radius 3 is 2.77 bits per heavy atom. The topological polar surface area (TPSA) is 63.1 Å². The first-order valence-electron chi connectivity index (χ1n) is 9.26. The number of urea groups is 1. The largest absolute Gasteiger partial charge is 0.324 e. The molecule has 1 saturated carbocycles. The van der Waals surface area contributed by atoms with E-state index in [4.69, 9.17) is 0 Å². The number of aromatic nitrogens is 3. The van der Waals surface area contributed by atoms with Crippen molar-refractivity contribution in [2.45, 2.75) is 36.6 Å². The number of hydrogen-bond acceptors (Lipinski definition) is 4. The van der Waals surface area contributed by atoms with Gasteiger partial charge in [-0.05, 0) is 49.3 Å². The lowest BCUT2D eigenvalue weighted by Crippen LogP contribution is -2.33. The Labute approximate surface area is 158 Å². The van der Waals surface area contributed by atoms with Crippen molar-refractivity contribution in [1.29, 1.82) is 0 Å². The molecule has 7 heteroatoms. The zero-order chi connectivity index (χ0) is 18.1. The highest BCUT2D eigenvalue weighted by Gasteiger charge is 2.37. The molecule has 1 aliphatic heterocycles. The van der Waals surface area contributed by atoms with Gasteiger partial charge in [0.25, 0.3) is 0 Å². The second-order valence-electron chi connectivity index (χ2n) is 7.40. The van der Waals surface area contributed by atoms with E-state index in [1.165, 1.54) is 19.3 Å². The number of thioether (sulfide) groups is 1. The number of carbonyl (C=O) groups excluding carboxylic acids is 1. The van der Waals surface area contributed by atoms with Gasteiger partial charge in [-0.25, -0.2) is 4.79 Å². The number of anilines is 1. The molecule has 0 bridgehead atoms. The summed E-state index contributed by atoms with van der Waals surface area (Å²) in [5, 5.41) is 12.2. The van der Waals surface area contributed by atoms with Crippen LogP contribution in [-0.4, -0.2) is 38.8 Å². The van der Waals surface area contributed by atoms with Crippen LogP contribution in [0, 0.1) is 11.8 Å². The van der Waals surface area contributed by atoms with Crippen LogP contribution >= 0.6 is 11.8 Å². The maximum Gasteiger partial charge on any atom is 0.321 e. The molecule has 2 aliphatic rings. The summed E-state index contributed by atoms with van der Waals surface area (Å²) in [4.78, 5) is 14.6. The van der Waals surface area contributed by atoms with Crippen LogP contribution in [0.2, 0.25) is 0 Å². The molecule has 4 rings (SSSR count). The van der Waals surface area contributed by atoms with Gasteiger partial charge >= 0.3 is 6.03 Å². The van der Waals surface area contributed by atoms with Crippen LogP contribution in [0.15, 0.2) is 35.7 Å². The first-order chi connectivity index (χ1) is 12.6. The Hall–Kier alpha value is -2.02. The number of nitrogens with zero attached hydrogens (tertiary/aromatic N) is 4. The molecule has 1 saturated heterocycles. The van der Waals surface area contributed by atoms with E-state index in [0.29, 0.717) is 0 Å². The average molecular weight is 372 g/mol. The van der Waals surface area contributed by atoms with Gasteiger partial charge in [-0.2, -0.15) is 0 Å². The molecule has 3 atom stereocenters. The maximum atomic E-state index is 12.6. The van der Waals surface area contributed by atoms with Crippen LogP contribution in [0.3, 0.4) is 0 Å². The van der Waals surface area contributed by atoms with Crippen molar-refractivity contribution < 1.29 is 4.79 Å². The first-order valence-corrected chi connectivity index (χ1v) is 10.1. The number of rotatable bonds is 4. The second kappa shape index (κ2) is 7.31. The van der Waals surface area contributed by atoms with E-state index in [1.807, 2.05) is 28.6 Å². The summed E-state index contributed by atoms with van der Waals surface area (Å²) in [6.07, 6.45) is 5.59. The summed E-state index contributed by atoms with van der Waals surface area (Å²) in [6.45, 7) is 3.96. The number of likely N-dealkylation sites (tertiary alicyclic amines) is 1. The van der Waals surface area contributed by atoms with Gasteiger partial charge in [-0.15, -0.1) is 10.2 Å². The lowest BCUT2D eigenvalue weighted by Gasteiger charge is -2.19. The monoisotopic (exact) mass is 371 g/mol. The highest BCUT2D eigenvalue weighted by Crippen LogP contribution is 2.38. The van der Waals surface area contributed by atoms with Crippen LogP contribution in [0.4, 0.5) is 10.5 Å². The zero-order valence-electron chi connectivity index (χ0n) is 15.3. The van der Waals surface area contributed by atoms with Gasteiger partial charge in [0.15, 0.2) is 5.16 Å². The van der Waals surface area contributed by atoms with Crippen molar-refractivity contribution in [3.8, 4) is 0 Å². The number of amides is 2. The van der Waals surface area contributed by atoms with Crippen molar-refractivity contribution in [2.24, 2.45) is 18.9 Å². The molecule has 6 nitrogen and oxygen atoms in total. The molecule has 1 N–H and O–H groups in total. The number of fused-ring (bicyclic) bond motifs is 1. The van der Waals surface area contributed by atoms with E-state index in [9.17, 15) is 4.79 Å². The summed E-state index contributed by atoms with van der Waals surface area (Å²) in [6, 6.07) is 8.13. The molecule has 2 heterocycles. The summed E-state index contributed by atoms with van der Waals surface area (Å²) < 4.78 is 1.91. The van der Waals surface area contributed by atoms with E-state index in [2.05, 4.69) is 34.6 Å². The lowest BCUT2D eigenvalue weighted by atomic mass is 10.0. The Kier molecular flexibility index (Phi) is 4.89. The SMILES string of the molecule is C[C@H](Sc1nncn1C)c1cccc(NC(=O)N2CC3CCCC3C2)c1. The van der Waals surface area contributed by atoms with Gasteiger partial charge in [-0.3, -0.25) is 0 Å². The minimum atomic E-state index is 0.0326. The third-order valence-corrected chi connectivity index (χ3v) is 6.78. The van der Waals surface area contributed by atoms with Crippen LogP contribution in [-0.2, 0) is 7.05 Å². The standard InChI is InChI=1S/C19H25N5OS/c1-13(26-19-22-20-12-23(19)2)14-5-4-8-17(9-14)21-18(25)24-10-15-6-3-7-16(15)11-24/h4-5,8-9,12-13,15-16H,3,6-7,10-11H2,1-2H3,(H,21,25)/t13-,15?,16?/m0/s1. The van der Waals surface area contributed by atoms with Crippen molar-refractivity contribution >= 4 is 23.5 Å². The molecule has 1 aromatic carbocycles. The van der Waals surface area contributed by atoms with Crippen LogP contribution in [0.5, 0.6) is 0 Å². The molecule has 2 aromatic rings. The number of carbonyl (C=O) groups is 1. The average Bonchev–Trinajstić information content (AvgIpc) is 3.32. The molecule has 1 aromatic heterocycles. The van der Waals surface area contributed by atoms with E-state index in [-0.39, 0.29) is 11.3 Å². The molecule has 0 radical (unpaired) electrons. The van der Waals surface area contributed by atoms with Crippen molar-refractivity contribution in [3.05, 3.63) is 36.2 Å². The van der Waals surface area contributed by atoms with Crippen molar-refractivity contribution in [2.75, 3.05) is 18.4 Å². The molecule has 2 unspecified atom stereocenters. The van der Waals surface area contributed by atoms with Crippen molar-refractivity contribution in [1.82, 2.24) is 19.7 Å². The normalized spacial score (nSPS) is 23.1. The smallest absolute Gasteiger partial charge is 0.321 e. The number of aryl methyl sites for hydroxylation is 1. The van der Waals surface area contributed by atoms with Gasteiger partial charge in [0, 0.05) is 31.1 Å². The Bertz CT molecular complexity index is 780. The third-order valence-electron chi connectivity index (χ3n) is 5.57. The molecule has 2 amide bonds. The first kappa shape index (κ1) is 17.4. The maximum absolute atomic E-state index is 12.6. The Morgan fingerprint density at radius 2 is 2.08 bits per heavy atom. The molecule has 0 spiro atoms. The summed E-state index contributed by atoms with van der Waals surface area (Å²) in [7, 11) is 1.94. The summed E-state index contributed by atoms with van der Waals surface area (Å²) in [5.74, 6) is 1.44. The fourth-order valence-corrected chi connectivity index (χ4v) is 4.98. The zero-order valence-corrected chi connectivity index (χ0v) is 16.1. The Balaban J connectivity index is 1.39. The van der Waals surface area contributed by atoms with Gasteiger partial charge in [-0.1, -0.05) is 30.3 Å². The number of nitrogens with one attached hydrogen (secondary N) is 1. The Morgan fingerprint density at radius 1 is 1.31 bits per heavy atom. The quantitative estimate of drug-likeness (QED) is 0.827. The van der Waals surface area contributed by atoms with Crippen LogP contribution in [0.25, 0.3) is 0 Å². The van der Waals surface area contributed by atoms with Crippen molar-refractivity contribution in [3.63, 3.8) is 0 Å². The van der Waals surface area contributed by atoms with Gasteiger partial charge in [0.2, 0.25) is 0 Å². The molecule has 1 aliphatic carbocycles. The predicted octanol–water partition coefficient (Wildman–Crippen LogP) is 3.93. The molecular weight excluding hydrogens is 346 g/mol. The molecule has 2 fully saturated rings. The molecular formula is C19H25N5OS. The summed E-state index contributed by atoms with van der Waals surface area (Å²) in [5.41, 5.74) is 2.02. The van der Waals surface area contributed by atoms with E-state index < -0.39 is 0 Å². The summed E-state index contributed by atoms with van der Waals surface area (Å²) >= 11 is 1.66. The molecule has 138 valence electrons. The van der Waals surface area contributed by atoms with Crippen LogP contribution in [0.1, 0.15) is 37.0 Å². The third kappa shape index (κ3) is 3.58. The lowest BCUT2D eigenvalue weighted by molar-refractivity contribution is 0.219. The van der Waals surface area contributed by atoms with Gasteiger partial charge in [0.1, 0.15) is 6.33 Å². The predicted molar refractivity (Wildman–Crippen MR) is 103 cm³/mol. The van der Waals surface area contributed by atoms with Gasteiger partial charge < -0.3 is 14.8 Å². The van der Waals surface area contributed by atoms with Gasteiger partial charge in [0.05, 0.1) is 0 Å². The number of benzene rings is 1. The molecule has 26 heavy (non-hydrogen) atoms. The number of hydrogen-bond donors (Lipinski definition) is 1. The fraction of sp³-hybridized carbons (Fsp3) is 0.526.